The molecule has 0 aliphatic rings. The fraction of sp³-hybridized carbons (Fsp3) is 0.417. The van der Waals surface area contributed by atoms with Crippen LogP contribution in [0.4, 0.5) is 0 Å². The first kappa shape index (κ1) is 13.4. The maximum absolute atomic E-state index is 11.9. The molecule has 1 aromatic carbocycles. The van der Waals surface area contributed by atoms with Crippen molar-refractivity contribution in [2.75, 3.05) is 5.75 Å². The van der Waals surface area contributed by atoms with Crippen molar-refractivity contribution in [2.45, 2.75) is 25.5 Å². The van der Waals surface area contributed by atoms with Gasteiger partial charge in [-0.1, -0.05) is 18.5 Å². The van der Waals surface area contributed by atoms with Crippen LogP contribution in [0.1, 0.15) is 30.6 Å². The van der Waals surface area contributed by atoms with Crippen LogP contribution in [0.15, 0.2) is 24.3 Å². The first-order chi connectivity index (χ1) is 7.56. The number of hydrogen-bond donors (Lipinski definition) is 0. The third-order valence-corrected chi connectivity index (χ3v) is 4.36. The highest BCUT2D eigenvalue weighted by atomic mass is 35.5. The topological polar surface area (TPSA) is 34.1 Å². The molecule has 16 heavy (non-hydrogen) atoms. The number of halogens is 1. The van der Waals surface area contributed by atoms with E-state index in [0.29, 0.717) is 16.3 Å². The minimum absolute atomic E-state index is 0.0801. The normalized spacial score (nSPS) is 14.4. The molecular weight excluding hydrogens is 244 g/mol. The van der Waals surface area contributed by atoms with E-state index in [1.165, 1.54) is 0 Å². The Bertz CT molecular complexity index is 387. The van der Waals surface area contributed by atoms with Crippen molar-refractivity contribution in [1.29, 1.82) is 0 Å². The number of hydrogen-bond acceptors (Lipinski definition) is 2. The Morgan fingerprint density at radius 3 is 2.44 bits per heavy atom. The lowest BCUT2D eigenvalue weighted by atomic mass is 10.1. The average molecular weight is 259 g/mol. The molecule has 0 radical (unpaired) electrons. The molecule has 2 nitrogen and oxygen atoms in total. The minimum Gasteiger partial charge on any atom is -0.293 e. The zero-order chi connectivity index (χ0) is 12.1. The van der Waals surface area contributed by atoms with Crippen molar-refractivity contribution < 1.29 is 9.00 Å². The van der Waals surface area contributed by atoms with Crippen LogP contribution in [0.3, 0.4) is 0 Å². The standard InChI is InChI=1S/C12H15ClO2S/c1-3-8-16(15)9(2)12(14)10-4-6-11(13)7-5-10/h4-7,9H,3,8H2,1-2H3. The van der Waals surface area contributed by atoms with Crippen molar-refractivity contribution in [3.8, 4) is 0 Å². The molecule has 88 valence electrons. The summed E-state index contributed by atoms with van der Waals surface area (Å²) < 4.78 is 11.7. The van der Waals surface area contributed by atoms with E-state index in [1.807, 2.05) is 6.92 Å². The van der Waals surface area contributed by atoms with E-state index in [0.717, 1.165) is 6.42 Å². The lowest BCUT2D eigenvalue weighted by Crippen LogP contribution is -2.24. The zero-order valence-corrected chi connectivity index (χ0v) is 11.0. The summed E-state index contributed by atoms with van der Waals surface area (Å²) in [6.45, 7) is 3.67. The van der Waals surface area contributed by atoms with Crippen LogP contribution in [0.25, 0.3) is 0 Å². The van der Waals surface area contributed by atoms with Gasteiger partial charge in [0.25, 0.3) is 0 Å². The lowest BCUT2D eigenvalue weighted by molar-refractivity contribution is 0.0992. The number of benzene rings is 1. The van der Waals surface area contributed by atoms with E-state index in [1.54, 1.807) is 31.2 Å². The summed E-state index contributed by atoms with van der Waals surface area (Å²) >= 11 is 5.74. The van der Waals surface area contributed by atoms with Gasteiger partial charge in [0.15, 0.2) is 5.78 Å². The van der Waals surface area contributed by atoms with E-state index < -0.39 is 16.0 Å². The molecule has 0 aliphatic carbocycles. The second kappa shape index (κ2) is 6.16. The Kier molecular flexibility index (Phi) is 5.16. The maximum atomic E-state index is 11.9. The third-order valence-electron chi connectivity index (χ3n) is 2.30. The highest BCUT2D eigenvalue weighted by Gasteiger charge is 2.20. The summed E-state index contributed by atoms with van der Waals surface area (Å²) in [5, 5.41) is 0.153. The summed E-state index contributed by atoms with van der Waals surface area (Å²) in [5.74, 6) is 0.490. The second-order valence-electron chi connectivity index (χ2n) is 3.60. The number of carbonyl (C=O) groups excluding carboxylic acids is 1. The number of rotatable bonds is 5. The van der Waals surface area contributed by atoms with Crippen LogP contribution in [-0.4, -0.2) is 21.0 Å². The molecule has 0 heterocycles. The Hall–Kier alpha value is -0.670. The minimum atomic E-state index is -1.08. The smallest absolute Gasteiger partial charge is 0.178 e. The number of Topliss-reactive ketones (excluding diaryl/α,β-unsaturated/α-hetero) is 1. The first-order valence-electron chi connectivity index (χ1n) is 5.23. The predicted molar refractivity (Wildman–Crippen MR) is 68.5 cm³/mol. The summed E-state index contributed by atoms with van der Waals surface area (Å²) in [7, 11) is -1.08. The van der Waals surface area contributed by atoms with Crippen molar-refractivity contribution >= 4 is 28.2 Å². The lowest BCUT2D eigenvalue weighted by Gasteiger charge is -2.09. The molecule has 1 rings (SSSR count). The van der Waals surface area contributed by atoms with Crippen molar-refractivity contribution in [2.24, 2.45) is 0 Å². The summed E-state index contributed by atoms with van der Waals surface area (Å²) in [4.78, 5) is 11.9. The van der Waals surface area contributed by atoms with Crippen molar-refractivity contribution in [3.05, 3.63) is 34.9 Å². The van der Waals surface area contributed by atoms with Crippen LogP contribution in [0.5, 0.6) is 0 Å². The van der Waals surface area contributed by atoms with Gasteiger partial charge in [0.05, 0.1) is 5.25 Å². The SMILES string of the molecule is CCCS(=O)C(C)C(=O)c1ccc(Cl)cc1. The van der Waals surface area contributed by atoms with Crippen LogP contribution in [0.2, 0.25) is 5.02 Å². The molecule has 2 unspecified atom stereocenters. The van der Waals surface area contributed by atoms with Gasteiger partial charge in [-0.2, -0.15) is 0 Å². The van der Waals surface area contributed by atoms with Gasteiger partial charge in [-0.25, -0.2) is 0 Å². The molecule has 2 atom stereocenters. The monoisotopic (exact) mass is 258 g/mol. The van der Waals surface area contributed by atoms with Gasteiger partial charge in [-0.15, -0.1) is 0 Å². The maximum Gasteiger partial charge on any atom is 0.178 e. The molecule has 0 N–H and O–H groups in total. The molecule has 0 saturated heterocycles. The van der Waals surface area contributed by atoms with Crippen molar-refractivity contribution in [1.82, 2.24) is 0 Å². The van der Waals surface area contributed by atoms with Crippen LogP contribution in [0, 0.1) is 0 Å². The number of carbonyl (C=O) groups is 1. The van der Waals surface area contributed by atoms with Gasteiger partial charge in [0.2, 0.25) is 0 Å². The first-order valence-corrected chi connectivity index (χ1v) is 6.99. The van der Waals surface area contributed by atoms with Crippen molar-refractivity contribution in [3.63, 3.8) is 0 Å². The molecule has 0 saturated carbocycles. The molecule has 4 heteroatoms. The van der Waals surface area contributed by atoms with E-state index in [4.69, 9.17) is 11.6 Å². The summed E-state index contributed by atoms with van der Waals surface area (Å²) in [5.41, 5.74) is 0.571. The van der Waals surface area contributed by atoms with Crippen LogP contribution < -0.4 is 0 Å². The fourth-order valence-corrected chi connectivity index (χ4v) is 2.60. The fourth-order valence-electron chi connectivity index (χ4n) is 1.35. The van der Waals surface area contributed by atoms with Gasteiger partial charge in [0, 0.05) is 27.1 Å². The molecule has 0 fully saturated rings. The zero-order valence-electron chi connectivity index (χ0n) is 9.40. The predicted octanol–water partition coefficient (Wildman–Crippen LogP) is 3.07. The van der Waals surface area contributed by atoms with Gasteiger partial charge >= 0.3 is 0 Å². The van der Waals surface area contributed by atoms with Crippen LogP contribution in [-0.2, 0) is 10.8 Å². The van der Waals surface area contributed by atoms with Gasteiger partial charge in [-0.05, 0) is 37.6 Å². The summed E-state index contributed by atoms with van der Waals surface area (Å²) in [6, 6.07) is 6.68. The second-order valence-corrected chi connectivity index (χ2v) is 5.91. The molecular formula is C12H15ClO2S. The number of ketones is 1. The highest BCUT2D eigenvalue weighted by Crippen LogP contribution is 2.13. The van der Waals surface area contributed by atoms with Gasteiger partial charge in [-0.3, -0.25) is 9.00 Å². The molecule has 0 bridgehead atoms. The van der Waals surface area contributed by atoms with E-state index in [-0.39, 0.29) is 5.78 Å². The van der Waals surface area contributed by atoms with Gasteiger partial charge < -0.3 is 0 Å². The quantitative estimate of drug-likeness (QED) is 0.761. The molecule has 0 aromatic heterocycles. The Morgan fingerprint density at radius 1 is 1.38 bits per heavy atom. The third kappa shape index (κ3) is 3.42. The Labute approximate surface area is 103 Å². The van der Waals surface area contributed by atoms with Crippen LogP contribution >= 0.6 is 11.6 Å². The summed E-state index contributed by atoms with van der Waals surface area (Å²) in [6.07, 6.45) is 0.824. The average Bonchev–Trinajstić information content (AvgIpc) is 2.28. The Balaban J connectivity index is 2.78. The van der Waals surface area contributed by atoms with E-state index in [2.05, 4.69) is 0 Å². The largest absolute Gasteiger partial charge is 0.293 e. The Morgan fingerprint density at radius 2 is 1.94 bits per heavy atom. The molecule has 1 aromatic rings. The molecule has 0 amide bonds. The van der Waals surface area contributed by atoms with Gasteiger partial charge in [0.1, 0.15) is 0 Å². The molecule has 0 spiro atoms. The molecule has 0 aliphatic heterocycles. The highest BCUT2D eigenvalue weighted by molar-refractivity contribution is 7.86. The van der Waals surface area contributed by atoms with E-state index in [9.17, 15) is 9.00 Å². The van der Waals surface area contributed by atoms with E-state index >= 15 is 0 Å².